The van der Waals surface area contributed by atoms with Gasteiger partial charge in [0, 0.05) is 5.30 Å². The van der Waals surface area contributed by atoms with Gasteiger partial charge in [0.2, 0.25) is 0 Å². The molecule has 3 rings (SSSR count). The third-order valence-electron chi connectivity index (χ3n) is 4.50. The summed E-state index contributed by atoms with van der Waals surface area (Å²) in [5.74, 6) is 0.752. The van der Waals surface area contributed by atoms with Crippen LogP contribution in [-0.4, -0.2) is 4.89 Å². The highest BCUT2D eigenvalue weighted by Crippen LogP contribution is 2.50. The summed E-state index contributed by atoms with van der Waals surface area (Å²) in [6.45, 7) is 9.15. The zero-order chi connectivity index (χ0) is 16.0. The van der Waals surface area contributed by atoms with Crippen LogP contribution in [-0.2, 0) is 10.8 Å². The second kappa shape index (κ2) is 5.37. The van der Waals surface area contributed by atoms with Crippen molar-refractivity contribution in [2.75, 3.05) is 0 Å². The molecule has 0 spiro atoms. The van der Waals surface area contributed by atoms with Crippen molar-refractivity contribution in [1.29, 1.82) is 0 Å². The first-order valence-corrected chi connectivity index (χ1v) is 8.88. The average Bonchev–Trinajstić information content (AvgIpc) is 2.65. The highest BCUT2D eigenvalue weighted by Gasteiger charge is 2.41. The quantitative estimate of drug-likeness (QED) is 0.835. The van der Waals surface area contributed by atoms with Crippen molar-refractivity contribution in [1.82, 2.24) is 0 Å². The van der Waals surface area contributed by atoms with Gasteiger partial charge in [0.05, 0.1) is 0 Å². The van der Waals surface area contributed by atoms with Gasteiger partial charge in [0.25, 0.3) is 8.38 Å². The van der Waals surface area contributed by atoms with Crippen LogP contribution in [0.5, 0.6) is 5.75 Å². The predicted octanol–water partition coefficient (Wildman–Crippen LogP) is 4.65. The lowest BCUT2D eigenvalue weighted by atomic mass is 9.82. The molecular formula is C19H23O2P. The van der Waals surface area contributed by atoms with E-state index in [1.807, 2.05) is 36.4 Å². The van der Waals surface area contributed by atoms with Crippen LogP contribution in [0.25, 0.3) is 0 Å². The van der Waals surface area contributed by atoms with Gasteiger partial charge in [-0.3, -0.25) is 0 Å². The van der Waals surface area contributed by atoms with Gasteiger partial charge in [-0.05, 0) is 52.6 Å². The van der Waals surface area contributed by atoms with Gasteiger partial charge in [-0.15, -0.1) is 0 Å². The largest absolute Gasteiger partial charge is 0.444 e. The summed E-state index contributed by atoms with van der Waals surface area (Å²) in [6.07, 6.45) is 1.13. The molecule has 1 unspecified atom stereocenters. The van der Waals surface area contributed by atoms with Crippen LogP contribution in [0.1, 0.15) is 45.2 Å². The first kappa shape index (κ1) is 15.5. The molecule has 1 atom stereocenters. The zero-order valence-corrected chi connectivity index (χ0v) is 14.5. The van der Waals surface area contributed by atoms with Crippen LogP contribution in [0.15, 0.2) is 48.5 Å². The SMILES string of the molecule is CC1(C)CC(C)(C)c2cc(OP(O)c3ccccc3)ccc21. The highest BCUT2D eigenvalue weighted by atomic mass is 31.2. The Morgan fingerprint density at radius 1 is 0.909 bits per heavy atom. The maximum Gasteiger partial charge on any atom is 0.262 e. The van der Waals surface area contributed by atoms with E-state index >= 15 is 0 Å². The molecule has 2 nitrogen and oxygen atoms in total. The maximum atomic E-state index is 10.3. The summed E-state index contributed by atoms with van der Waals surface area (Å²) in [5.41, 5.74) is 3.07. The number of hydrogen-bond donors (Lipinski definition) is 1. The van der Waals surface area contributed by atoms with Crippen LogP contribution in [0.4, 0.5) is 0 Å². The van der Waals surface area contributed by atoms with Gasteiger partial charge in [-0.2, -0.15) is 0 Å². The fourth-order valence-corrected chi connectivity index (χ4v) is 4.58. The lowest BCUT2D eigenvalue weighted by Gasteiger charge is -2.22. The van der Waals surface area contributed by atoms with E-state index in [2.05, 4.69) is 39.8 Å². The number of hydrogen-bond acceptors (Lipinski definition) is 2. The smallest absolute Gasteiger partial charge is 0.262 e. The second-order valence-corrected chi connectivity index (χ2v) is 8.60. The predicted molar refractivity (Wildman–Crippen MR) is 93.0 cm³/mol. The van der Waals surface area contributed by atoms with Crippen LogP contribution < -0.4 is 9.83 Å². The monoisotopic (exact) mass is 314 g/mol. The third kappa shape index (κ3) is 2.78. The molecule has 0 aromatic heterocycles. The van der Waals surface area contributed by atoms with Crippen molar-refractivity contribution in [3.63, 3.8) is 0 Å². The van der Waals surface area contributed by atoms with Gasteiger partial charge < -0.3 is 9.42 Å². The van der Waals surface area contributed by atoms with Crippen molar-refractivity contribution in [2.24, 2.45) is 0 Å². The average molecular weight is 314 g/mol. The second-order valence-electron chi connectivity index (χ2n) is 7.35. The van der Waals surface area contributed by atoms with Gasteiger partial charge in [-0.25, -0.2) is 0 Å². The molecule has 3 heteroatoms. The van der Waals surface area contributed by atoms with Gasteiger partial charge in [0.1, 0.15) is 5.75 Å². The van der Waals surface area contributed by atoms with Crippen molar-refractivity contribution in [3.05, 3.63) is 59.7 Å². The summed E-state index contributed by atoms with van der Waals surface area (Å²) in [6, 6.07) is 15.8. The van der Waals surface area contributed by atoms with E-state index in [1.165, 1.54) is 11.1 Å². The molecule has 0 aliphatic heterocycles. The van der Waals surface area contributed by atoms with Crippen LogP contribution >= 0.6 is 8.38 Å². The minimum atomic E-state index is -1.61. The Labute approximate surface area is 134 Å². The van der Waals surface area contributed by atoms with Crippen molar-refractivity contribution >= 4 is 13.7 Å². The number of fused-ring (bicyclic) bond motifs is 1. The molecule has 0 radical (unpaired) electrons. The Bertz CT molecular complexity index is 677. The van der Waals surface area contributed by atoms with Gasteiger partial charge in [0.15, 0.2) is 0 Å². The van der Waals surface area contributed by atoms with Crippen molar-refractivity contribution in [3.8, 4) is 5.75 Å². The van der Waals surface area contributed by atoms with E-state index in [1.54, 1.807) is 0 Å². The molecule has 0 saturated heterocycles. The Morgan fingerprint density at radius 2 is 1.55 bits per heavy atom. The van der Waals surface area contributed by atoms with Crippen molar-refractivity contribution < 1.29 is 9.42 Å². The van der Waals surface area contributed by atoms with E-state index in [4.69, 9.17) is 4.52 Å². The van der Waals surface area contributed by atoms with Gasteiger partial charge >= 0.3 is 0 Å². The molecule has 0 amide bonds. The molecule has 116 valence electrons. The van der Waals surface area contributed by atoms with Crippen molar-refractivity contribution in [2.45, 2.75) is 44.9 Å². The molecule has 1 aliphatic carbocycles. The van der Waals surface area contributed by atoms with Gasteiger partial charge in [-0.1, -0.05) is 52.0 Å². The summed E-state index contributed by atoms with van der Waals surface area (Å²) in [5, 5.41) is 0.831. The maximum absolute atomic E-state index is 10.3. The van der Waals surface area contributed by atoms with E-state index in [0.717, 1.165) is 17.5 Å². The zero-order valence-electron chi connectivity index (χ0n) is 13.6. The number of rotatable bonds is 3. The minimum absolute atomic E-state index is 0.142. The first-order valence-electron chi connectivity index (χ1n) is 7.67. The molecule has 1 N–H and O–H groups in total. The molecular weight excluding hydrogens is 291 g/mol. The topological polar surface area (TPSA) is 29.5 Å². The molecule has 0 saturated carbocycles. The molecule has 0 fully saturated rings. The highest BCUT2D eigenvalue weighted by molar-refractivity contribution is 7.55. The standard InChI is InChI=1S/C19H23O2P/c1-18(2)13-19(3,4)17-12-14(10-11-16(17)18)21-22(20)15-8-6-5-7-9-15/h5-12,20H,13H2,1-4H3. The lowest BCUT2D eigenvalue weighted by Crippen LogP contribution is -2.17. The minimum Gasteiger partial charge on any atom is -0.444 e. The molecule has 2 aromatic rings. The number of benzene rings is 2. The lowest BCUT2D eigenvalue weighted by molar-refractivity contribution is 0.403. The molecule has 0 bridgehead atoms. The van der Waals surface area contributed by atoms with E-state index in [-0.39, 0.29) is 10.8 Å². The Hall–Kier alpha value is -1.37. The van der Waals surface area contributed by atoms with E-state index < -0.39 is 8.38 Å². The van der Waals surface area contributed by atoms with Crippen LogP contribution in [0.3, 0.4) is 0 Å². The Kier molecular flexibility index (Phi) is 3.79. The summed E-state index contributed by atoms with van der Waals surface area (Å²) < 4.78 is 5.81. The van der Waals surface area contributed by atoms with Crippen LogP contribution in [0, 0.1) is 0 Å². The fourth-order valence-electron chi connectivity index (χ4n) is 3.73. The summed E-state index contributed by atoms with van der Waals surface area (Å²) in [7, 11) is -1.61. The fraction of sp³-hybridized carbons (Fsp3) is 0.368. The Morgan fingerprint density at radius 3 is 2.23 bits per heavy atom. The molecule has 0 heterocycles. The molecule has 22 heavy (non-hydrogen) atoms. The molecule has 1 aliphatic rings. The summed E-state index contributed by atoms with van der Waals surface area (Å²) >= 11 is 0. The first-order chi connectivity index (χ1) is 10.3. The Balaban J connectivity index is 1.89. The summed E-state index contributed by atoms with van der Waals surface area (Å²) in [4.78, 5) is 10.3. The van der Waals surface area contributed by atoms with E-state index in [9.17, 15) is 4.89 Å². The molecule has 2 aromatic carbocycles. The van der Waals surface area contributed by atoms with Crippen LogP contribution in [0.2, 0.25) is 0 Å². The van der Waals surface area contributed by atoms with E-state index in [0.29, 0.717) is 0 Å². The third-order valence-corrected chi connectivity index (χ3v) is 5.63. The normalized spacial score (nSPS) is 19.5.